The van der Waals surface area contributed by atoms with Crippen molar-refractivity contribution in [3.8, 4) is 5.69 Å². The molecular formula is C18H27IN6O. The van der Waals surface area contributed by atoms with Gasteiger partial charge in [0.15, 0.2) is 5.96 Å². The maximum Gasteiger partial charge on any atom is 0.191 e. The largest absolute Gasteiger partial charge is 0.379 e. The van der Waals surface area contributed by atoms with E-state index in [1.54, 1.807) is 7.05 Å². The van der Waals surface area contributed by atoms with Crippen LogP contribution >= 0.6 is 24.0 Å². The predicted molar refractivity (Wildman–Crippen MR) is 114 cm³/mol. The summed E-state index contributed by atoms with van der Waals surface area (Å²) in [6.45, 7) is 6.22. The number of nitrogens with zero attached hydrogens (tertiary/aromatic N) is 4. The van der Waals surface area contributed by atoms with Gasteiger partial charge in [-0.05, 0) is 12.1 Å². The van der Waals surface area contributed by atoms with Crippen LogP contribution in [0.15, 0.2) is 47.7 Å². The van der Waals surface area contributed by atoms with Crippen molar-refractivity contribution < 1.29 is 4.74 Å². The van der Waals surface area contributed by atoms with Gasteiger partial charge in [-0.2, -0.15) is 5.10 Å². The molecule has 2 aromatic rings. The van der Waals surface area contributed by atoms with Crippen molar-refractivity contribution in [2.45, 2.75) is 6.54 Å². The molecule has 0 unspecified atom stereocenters. The van der Waals surface area contributed by atoms with Gasteiger partial charge in [-0.15, -0.1) is 24.0 Å². The summed E-state index contributed by atoms with van der Waals surface area (Å²) in [7, 11) is 1.79. The number of guanidine groups is 1. The molecule has 1 aromatic carbocycles. The first-order valence-corrected chi connectivity index (χ1v) is 8.69. The van der Waals surface area contributed by atoms with Crippen LogP contribution < -0.4 is 10.6 Å². The normalized spacial score (nSPS) is 15.3. The second kappa shape index (κ2) is 11.1. The molecule has 0 atom stereocenters. The standard InChI is InChI=1S/C18H26N6O.HI/c1-19-18(20-7-8-23-9-11-25-12-10-23)21-13-16-14-22-24(15-16)17-5-3-2-4-6-17;/h2-6,14-15H,7-13H2,1H3,(H2,19,20,21);1H. The Kier molecular flexibility index (Phi) is 8.86. The summed E-state index contributed by atoms with van der Waals surface area (Å²) in [5.74, 6) is 0.806. The topological polar surface area (TPSA) is 66.7 Å². The lowest BCUT2D eigenvalue weighted by molar-refractivity contribution is 0.0389. The third-order valence-electron chi connectivity index (χ3n) is 4.16. The van der Waals surface area contributed by atoms with Crippen molar-refractivity contribution in [1.29, 1.82) is 0 Å². The zero-order valence-corrected chi connectivity index (χ0v) is 17.4. The molecular weight excluding hydrogens is 443 g/mol. The van der Waals surface area contributed by atoms with E-state index in [0.29, 0.717) is 6.54 Å². The fraction of sp³-hybridized carbons (Fsp3) is 0.444. The van der Waals surface area contributed by atoms with E-state index in [-0.39, 0.29) is 24.0 Å². The molecule has 0 spiro atoms. The van der Waals surface area contributed by atoms with Gasteiger partial charge in [-0.25, -0.2) is 4.68 Å². The minimum atomic E-state index is 0. The van der Waals surface area contributed by atoms with E-state index in [1.807, 2.05) is 47.4 Å². The number of hydrogen-bond donors (Lipinski definition) is 2. The van der Waals surface area contributed by atoms with Crippen LogP contribution in [0.1, 0.15) is 5.56 Å². The van der Waals surface area contributed by atoms with Crippen molar-refractivity contribution >= 4 is 29.9 Å². The van der Waals surface area contributed by atoms with Gasteiger partial charge in [0.25, 0.3) is 0 Å². The van der Waals surface area contributed by atoms with Crippen LogP contribution in [0.3, 0.4) is 0 Å². The Labute approximate surface area is 171 Å². The van der Waals surface area contributed by atoms with Crippen molar-refractivity contribution in [3.05, 3.63) is 48.3 Å². The molecule has 26 heavy (non-hydrogen) atoms. The van der Waals surface area contributed by atoms with E-state index in [1.165, 1.54) is 0 Å². The molecule has 142 valence electrons. The maximum absolute atomic E-state index is 5.36. The highest BCUT2D eigenvalue weighted by Gasteiger charge is 2.09. The average molecular weight is 470 g/mol. The maximum atomic E-state index is 5.36. The monoisotopic (exact) mass is 470 g/mol. The zero-order chi connectivity index (χ0) is 17.3. The molecule has 0 saturated carbocycles. The molecule has 0 bridgehead atoms. The number of para-hydroxylation sites is 1. The molecule has 8 heteroatoms. The van der Waals surface area contributed by atoms with E-state index >= 15 is 0 Å². The minimum Gasteiger partial charge on any atom is -0.379 e. The number of rotatable bonds is 6. The Hall–Kier alpha value is -1.65. The summed E-state index contributed by atoms with van der Waals surface area (Å²) in [6.07, 6.45) is 3.91. The molecule has 1 saturated heterocycles. The van der Waals surface area contributed by atoms with Gasteiger partial charge in [0.05, 0.1) is 25.1 Å². The van der Waals surface area contributed by atoms with E-state index in [0.717, 1.165) is 56.6 Å². The van der Waals surface area contributed by atoms with E-state index in [2.05, 4.69) is 25.6 Å². The van der Waals surface area contributed by atoms with Crippen molar-refractivity contribution in [3.63, 3.8) is 0 Å². The van der Waals surface area contributed by atoms with Gasteiger partial charge >= 0.3 is 0 Å². The van der Waals surface area contributed by atoms with Gasteiger partial charge in [0.2, 0.25) is 0 Å². The number of benzene rings is 1. The molecule has 0 aliphatic carbocycles. The van der Waals surface area contributed by atoms with Crippen molar-refractivity contribution in [1.82, 2.24) is 25.3 Å². The van der Waals surface area contributed by atoms with Gasteiger partial charge in [-0.3, -0.25) is 9.89 Å². The molecule has 0 radical (unpaired) electrons. The van der Waals surface area contributed by atoms with Crippen LogP contribution in [0.4, 0.5) is 0 Å². The number of morpholine rings is 1. The number of halogens is 1. The molecule has 0 amide bonds. The lowest BCUT2D eigenvalue weighted by Crippen LogP contribution is -2.44. The van der Waals surface area contributed by atoms with Gasteiger partial charge in [0.1, 0.15) is 0 Å². The minimum absolute atomic E-state index is 0. The smallest absolute Gasteiger partial charge is 0.191 e. The molecule has 3 rings (SSSR count). The summed E-state index contributed by atoms with van der Waals surface area (Å²) in [6, 6.07) is 10.1. The third-order valence-corrected chi connectivity index (χ3v) is 4.16. The highest BCUT2D eigenvalue weighted by Crippen LogP contribution is 2.07. The van der Waals surface area contributed by atoms with Gasteiger partial charge in [0, 0.05) is 51.5 Å². The summed E-state index contributed by atoms with van der Waals surface area (Å²) < 4.78 is 7.24. The number of hydrogen-bond acceptors (Lipinski definition) is 4. The number of aliphatic imine (C=N–C) groups is 1. The quantitative estimate of drug-likeness (QED) is 0.381. The molecule has 1 aliphatic heterocycles. The lowest BCUT2D eigenvalue weighted by atomic mass is 10.3. The Balaban J connectivity index is 0.00000243. The van der Waals surface area contributed by atoms with Crippen LogP contribution in [-0.2, 0) is 11.3 Å². The molecule has 2 heterocycles. The van der Waals surface area contributed by atoms with Crippen LogP contribution in [0, 0.1) is 0 Å². The second-order valence-corrected chi connectivity index (χ2v) is 5.94. The second-order valence-electron chi connectivity index (χ2n) is 5.94. The molecule has 7 nitrogen and oxygen atoms in total. The highest BCUT2D eigenvalue weighted by molar-refractivity contribution is 14.0. The molecule has 2 N–H and O–H groups in total. The van der Waals surface area contributed by atoms with Crippen LogP contribution in [-0.4, -0.2) is 67.1 Å². The lowest BCUT2D eigenvalue weighted by Gasteiger charge is -2.26. The van der Waals surface area contributed by atoms with E-state index in [4.69, 9.17) is 4.74 Å². The Bertz CT molecular complexity index is 669. The van der Waals surface area contributed by atoms with E-state index < -0.39 is 0 Å². The number of aromatic nitrogens is 2. The molecule has 1 aliphatic rings. The van der Waals surface area contributed by atoms with Crippen LogP contribution in [0.5, 0.6) is 0 Å². The number of ether oxygens (including phenoxy) is 1. The van der Waals surface area contributed by atoms with Crippen LogP contribution in [0.2, 0.25) is 0 Å². The Morgan fingerprint density at radius 1 is 1.19 bits per heavy atom. The SMILES string of the molecule is CN=C(NCCN1CCOCC1)NCc1cnn(-c2ccccc2)c1.I. The summed E-state index contributed by atoms with van der Waals surface area (Å²) >= 11 is 0. The van der Waals surface area contributed by atoms with Crippen LogP contribution in [0.25, 0.3) is 5.69 Å². The average Bonchev–Trinajstić information content (AvgIpc) is 3.15. The van der Waals surface area contributed by atoms with Gasteiger partial charge < -0.3 is 15.4 Å². The first-order chi connectivity index (χ1) is 12.3. The number of nitrogens with one attached hydrogen (secondary N) is 2. The molecule has 1 fully saturated rings. The Morgan fingerprint density at radius 3 is 2.69 bits per heavy atom. The predicted octanol–water partition coefficient (Wildman–Crippen LogP) is 1.49. The third kappa shape index (κ3) is 6.26. The molecule has 1 aromatic heterocycles. The first kappa shape index (κ1) is 20.7. The highest BCUT2D eigenvalue weighted by atomic mass is 127. The summed E-state index contributed by atoms with van der Waals surface area (Å²) in [5, 5.41) is 11.1. The van der Waals surface area contributed by atoms with E-state index in [9.17, 15) is 0 Å². The first-order valence-electron chi connectivity index (χ1n) is 8.69. The zero-order valence-electron chi connectivity index (χ0n) is 15.1. The van der Waals surface area contributed by atoms with Crippen molar-refractivity contribution in [2.75, 3.05) is 46.4 Å². The van der Waals surface area contributed by atoms with Gasteiger partial charge in [-0.1, -0.05) is 18.2 Å². The summed E-state index contributed by atoms with van der Waals surface area (Å²) in [4.78, 5) is 6.67. The fourth-order valence-electron chi connectivity index (χ4n) is 2.74. The van der Waals surface area contributed by atoms with Crippen molar-refractivity contribution in [2.24, 2.45) is 4.99 Å². The summed E-state index contributed by atoms with van der Waals surface area (Å²) in [5.41, 5.74) is 2.17. The fourth-order valence-corrected chi connectivity index (χ4v) is 2.74. The Morgan fingerprint density at radius 2 is 1.96 bits per heavy atom.